The predicted molar refractivity (Wildman–Crippen MR) is 75.8 cm³/mol. The molecule has 1 amide bonds. The highest BCUT2D eigenvalue weighted by molar-refractivity contribution is 5.95. The smallest absolute Gasteiger partial charge is 0.254 e. The van der Waals surface area contributed by atoms with E-state index in [1.165, 1.54) is 0 Å². The van der Waals surface area contributed by atoms with E-state index in [0.29, 0.717) is 17.4 Å². The SMILES string of the molecule is CCc1cc(C(=O)N2CCCC2CC)cc(NN)n1. The molecule has 1 aliphatic rings. The summed E-state index contributed by atoms with van der Waals surface area (Å²) >= 11 is 0. The van der Waals surface area contributed by atoms with E-state index in [9.17, 15) is 4.79 Å². The van der Waals surface area contributed by atoms with E-state index < -0.39 is 0 Å². The Bertz CT molecular complexity index is 439. The lowest BCUT2D eigenvalue weighted by Crippen LogP contribution is -2.35. The van der Waals surface area contributed by atoms with Crippen molar-refractivity contribution in [2.24, 2.45) is 5.84 Å². The second kappa shape index (κ2) is 6.02. The minimum absolute atomic E-state index is 0.0953. The fraction of sp³-hybridized carbons (Fsp3) is 0.571. The zero-order valence-corrected chi connectivity index (χ0v) is 11.6. The maximum atomic E-state index is 12.6. The van der Waals surface area contributed by atoms with Gasteiger partial charge in [-0.3, -0.25) is 4.79 Å². The van der Waals surface area contributed by atoms with Crippen LogP contribution >= 0.6 is 0 Å². The Labute approximate surface area is 114 Å². The number of hydrazine groups is 1. The van der Waals surface area contributed by atoms with Gasteiger partial charge in [0.15, 0.2) is 0 Å². The molecule has 0 bridgehead atoms. The summed E-state index contributed by atoms with van der Waals surface area (Å²) in [6.45, 7) is 5.00. The summed E-state index contributed by atoms with van der Waals surface area (Å²) in [4.78, 5) is 18.9. The van der Waals surface area contributed by atoms with Crippen molar-refractivity contribution in [1.29, 1.82) is 0 Å². The summed E-state index contributed by atoms with van der Waals surface area (Å²) in [5, 5.41) is 0. The summed E-state index contributed by atoms with van der Waals surface area (Å²) in [7, 11) is 0. The topological polar surface area (TPSA) is 71.2 Å². The van der Waals surface area contributed by atoms with Gasteiger partial charge in [-0.1, -0.05) is 13.8 Å². The number of nitrogens with one attached hydrogen (secondary N) is 1. The van der Waals surface area contributed by atoms with Crippen LogP contribution in [0.4, 0.5) is 5.82 Å². The first-order chi connectivity index (χ1) is 9.19. The van der Waals surface area contributed by atoms with E-state index in [4.69, 9.17) is 5.84 Å². The summed E-state index contributed by atoms with van der Waals surface area (Å²) in [6, 6.07) is 3.97. The number of hydrogen-bond donors (Lipinski definition) is 2. The fourth-order valence-electron chi connectivity index (χ4n) is 2.66. The molecule has 5 nitrogen and oxygen atoms in total. The lowest BCUT2D eigenvalue weighted by Gasteiger charge is -2.24. The van der Waals surface area contributed by atoms with Gasteiger partial charge in [-0.25, -0.2) is 10.8 Å². The van der Waals surface area contributed by atoms with Crippen LogP contribution in [-0.2, 0) is 6.42 Å². The molecule has 1 atom stereocenters. The van der Waals surface area contributed by atoms with Crippen LogP contribution < -0.4 is 11.3 Å². The molecule has 0 aromatic carbocycles. The van der Waals surface area contributed by atoms with Gasteiger partial charge in [0.05, 0.1) is 0 Å². The molecular weight excluding hydrogens is 240 g/mol. The average Bonchev–Trinajstić information content (AvgIpc) is 2.94. The van der Waals surface area contributed by atoms with Crippen molar-refractivity contribution in [1.82, 2.24) is 9.88 Å². The van der Waals surface area contributed by atoms with Gasteiger partial charge in [-0.2, -0.15) is 0 Å². The average molecular weight is 262 g/mol. The first-order valence-electron chi connectivity index (χ1n) is 6.98. The standard InChI is InChI=1S/C14H22N4O/c1-3-11-8-10(9-13(16-11)17-15)14(19)18-7-5-6-12(18)4-2/h8-9,12H,3-7,15H2,1-2H3,(H,16,17). The van der Waals surface area contributed by atoms with Gasteiger partial charge < -0.3 is 10.3 Å². The number of aromatic nitrogens is 1. The van der Waals surface area contributed by atoms with Crippen molar-refractivity contribution >= 4 is 11.7 Å². The number of hydrogen-bond acceptors (Lipinski definition) is 4. The lowest BCUT2D eigenvalue weighted by atomic mass is 10.1. The summed E-state index contributed by atoms with van der Waals surface area (Å²) in [6.07, 6.45) is 4.00. The summed E-state index contributed by atoms with van der Waals surface area (Å²) in [5.74, 6) is 6.06. The van der Waals surface area contributed by atoms with E-state index in [1.807, 2.05) is 17.9 Å². The van der Waals surface area contributed by atoms with Crippen LogP contribution in [0.5, 0.6) is 0 Å². The van der Waals surface area contributed by atoms with Crippen molar-refractivity contribution in [3.63, 3.8) is 0 Å². The van der Waals surface area contributed by atoms with Crippen molar-refractivity contribution in [3.8, 4) is 0 Å². The molecule has 1 aromatic heterocycles. The molecule has 1 saturated heterocycles. The number of pyridine rings is 1. The van der Waals surface area contributed by atoms with Crippen LogP contribution in [0.2, 0.25) is 0 Å². The molecule has 0 spiro atoms. The number of carbonyl (C=O) groups is 1. The van der Waals surface area contributed by atoms with Crippen LogP contribution in [0, 0.1) is 0 Å². The second-order valence-electron chi connectivity index (χ2n) is 4.93. The Morgan fingerprint density at radius 3 is 2.95 bits per heavy atom. The molecule has 1 aromatic rings. The number of rotatable bonds is 4. The molecule has 104 valence electrons. The molecular formula is C14H22N4O. The maximum absolute atomic E-state index is 12.6. The van der Waals surface area contributed by atoms with E-state index in [2.05, 4.69) is 17.3 Å². The van der Waals surface area contributed by atoms with E-state index in [1.54, 1.807) is 6.07 Å². The van der Waals surface area contributed by atoms with Crippen LogP contribution in [-0.4, -0.2) is 28.4 Å². The van der Waals surface area contributed by atoms with Gasteiger partial charge in [0.1, 0.15) is 5.82 Å². The zero-order valence-electron chi connectivity index (χ0n) is 11.6. The van der Waals surface area contributed by atoms with Crippen molar-refractivity contribution in [2.45, 2.75) is 45.6 Å². The largest absolute Gasteiger partial charge is 0.336 e. The first-order valence-corrected chi connectivity index (χ1v) is 6.98. The summed E-state index contributed by atoms with van der Waals surface area (Å²) < 4.78 is 0. The Morgan fingerprint density at radius 1 is 1.53 bits per heavy atom. The monoisotopic (exact) mass is 262 g/mol. The van der Waals surface area contributed by atoms with Gasteiger partial charge in [-0.05, 0) is 37.8 Å². The van der Waals surface area contributed by atoms with Gasteiger partial charge in [0, 0.05) is 23.8 Å². The quantitative estimate of drug-likeness (QED) is 0.642. The maximum Gasteiger partial charge on any atom is 0.254 e. The van der Waals surface area contributed by atoms with Crippen LogP contribution in [0.25, 0.3) is 0 Å². The Morgan fingerprint density at radius 2 is 2.32 bits per heavy atom. The second-order valence-corrected chi connectivity index (χ2v) is 4.93. The third-order valence-electron chi connectivity index (χ3n) is 3.74. The molecule has 0 saturated carbocycles. The number of nitrogens with two attached hydrogens (primary N) is 1. The molecule has 19 heavy (non-hydrogen) atoms. The number of nitrogens with zero attached hydrogens (tertiary/aromatic N) is 2. The number of aryl methyl sites for hydroxylation is 1. The molecule has 2 heterocycles. The van der Waals surface area contributed by atoms with Gasteiger partial charge >= 0.3 is 0 Å². The van der Waals surface area contributed by atoms with Crippen molar-refractivity contribution in [2.75, 3.05) is 12.0 Å². The molecule has 0 radical (unpaired) electrons. The highest BCUT2D eigenvalue weighted by Crippen LogP contribution is 2.23. The van der Waals surface area contributed by atoms with Crippen LogP contribution in [0.15, 0.2) is 12.1 Å². The zero-order chi connectivity index (χ0) is 13.8. The molecule has 2 rings (SSSR count). The third-order valence-corrected chi connectivity index (χ3v) is 3.74. The predicted octanol–water partition coefficient (Wildman–Crippen LogP) is 1.94. The van der Waals surface area contributed by atoms with Crippen molar-refractivity contribution in [3.05, 3.63) is 23.4 Å². The van der Waals surface area contributed by atoms with Gasteiger partial charge in [-0.15, -0.1) is 0 Å². The van der Waals surface area contributed by atoms with E-state index in [-0.39, 0.29) is 5.91 Å². The van der Waals surface area contributed by atoms with Crippen molar-refractivity contribution < 1.29 is 4.79 Å². The fourth-order valence-corrected chi connectivity index (χ4v) is 2.66. The van der Waals surface area contributed by atoms with Crippen LogP contribution in [0.1, 0.15) is 49.2 Å². The molecule has 5 heteroatoms. The van der Waals surface area contributed by atoms with E-state index >= 15 is 0 Å². The Kier molecular flexibility index (Phi) is 4.37. The first kappa shape index (κ1) is 13.8. The number of likely N-dealkylation sites (tertiary alicyclic amines) is 1. The minimum atomic E-state index is 0.0953. The molecule has 3 N–H and O–H groups in total. The third kappa shape index (κ3) is 2.87. The molecule has 1 unspecified atom stereocenters. The highest BCUT2D eigenvalue weighted by Gasteiger charge is 2.28. The summed E-state index contributed by atoms with van der Waals surface area (Å²) in [5.41, 5.74) is 4.09. The lowest BCUT2D eigenvalue weighted by molar-refractivity contribution is 0.0733. The Hall–Kier alpha value is -1.62. The molecule has 0 aliphatic carbocycles. The van der Waals surface area contributed by atoms with E-state index in [0.717, 1.165) is 37.9 Å². The Balaban J connectivity index is 2.27. The number of carbonyl (C=O) groups excluding carboxylic acids is 1. The molecule has 1 aliphatic heterocycles. The number of anilines is 1. The number of nitrogen functional groups attached to an aromatic ring is 1. The minimum Gasteiger partial charge on any atom is -0.336 e. The van der Waals surface area contributed by atoms with Gasteiger partial charge in [0.25, 0.3) is 5.91 Å². The number of amides is 1. The molecule has 1 fully saturated rings. The highest BCUT2D eigenvalue weighted by atomic mass is 16.2. The normalized spacial score (nSPS) is 18.7. The van der Waals surface area contributed by atoms with Crippen LogP contribution in [0.3, 0.4) is 0 Å². The van der Waals surface area contributed by atoms with Gasteiger partial charge in [0.2, 0.25) is 0 Å².